The van der Waals surface area contributed by atoms with Crippen LogP contribution in [0.2, 0.25) is 0 Å². The lowest BCUT2D eigenvalue weighted by atomic mass is 10.1. The second kappa shape index (κ2) is 7.69. The Balaban J connectivity index is 1.66. The van der Waals surface area contributed by atoms with Gasteiger partial charge in [0.25, 0.3) is 5.56 Å². The van der Waals surface area contributed by atoms with Crippen LogP contribution in [0, 0.1) is 13.8 Å². The van der Waals surface area contributed by atoms with Gasteiger partial charge in [0.2, 0.25) is 5.91 Å². The molecule has 1 aliphatic rings. The zero-order valence-electron chi connectivity index (χ0n) is 15.8. The van der Waals surface area contributed by atoms with Crippen molar-refractivity contribution in [3.05, 3.63) is 63.6 Å². The average Bonchev–Trinajstić information content (AvgIpc) is 2.65. The van der Waals surface area contributed by atoms with E-state index < -0.39 is 23.8 Å². The van der Waals surface area contributed by atoms with Crippen LogP contribution < -0.4 is 10.5 Å². The van der Waals surface area contributed by atoms with Crippen LogP contribution in [0.1, 0.15) is 16.7 Å². The highest BCUT2D eigenvalue weighted by Crippen LogP contribution is 2.28. The SMILES string of the molecule is Cc1cccc(N2CCN(C(=O)Cn3cc(C(F)(F)F)ccc3=O)CC2)c1C. The summed E-state index contributed by atoms with van der Waals surface area (Å²) in [5.74, 6) is -0.359. The van der Waals surface area contributed by atoms with Crippen LogP contribution in [0.25, 0.3) is 0 Å². The highest BCUT2D eigenvalue weighted by atomic mass is 19.4. The van der Waals surface area contributed by atoms with Gasteiger partial charge in [0.15, 0.2) is 0 Å². The Hall–Kier alpha value is -2.77. The zero-order valence-corrected chi connectivity index (χ0v) is 15.8. The molecular weight excluding hydrogens is 371 g/mol. The standard InChI is InChI=1S/C20H22F3N3O2/c1-14-4-3-5-17(15(14)2)24-8-10-25(11-9-24)19(28)13-26-12-16(20(21,22)23)6-7-18(26)27/h3-7,12H,8-11,13H2,1-2H3. The number of piperazine rings is 1. The monoisotopic (exact) mass is 393 g/mol. The Morgan fingerprint density at radius 2 is 1.71 bits per heavy atom. The van der Waals surface area contributed by atoms with Crippen LogP contribution in [0.5, 0.6) is 0 Å². The molecule has 0 N–H and O–H groups in total. The van der Waals surface area contributed by atoms with Gasteiger partial charge in [-0.15, -0.1) is 0 Å². The molecule has 1 saturated heterocycles. The van der Waals surface area contributed by atoms with Gasteiger partial charge in [-0.1, -0.05) is 12.1 Å². The zero-order chi connectivity index (χ0) is 20.5. The number of benzene rings is 1. The number of hydrogen-bond donors (Lipinski definition) is 0. The van der Waals surface area contributed by atoms with E-state index in [0.717, 1.165) is 22.4 Å². The Bertz CT molecular complexity index is 929. The van der Waals surface area contributed by atoms with E-state index in [4.69, 9.17) is 0 Å². The first-order valence-electron chi connectivity index (χ1n) is 9.03. The smallest absolute Gasteiger partial charge is 0.368 e. The number of rotatable bonds is 3. The molecule has 2 aromatic rings. The van der Waals surface area contributed by atoms with E-state index in [2.05, 4.69) is 11.8 Å². The number of pyridine rings is 1. The van der Waals surface area contributed by atoms with Crippen molar-refractivity contribution in [1.29, 1.82) is 0 Å². The summed E-state index contributed by atoms with van der Waals surface area (Å²) in [5.41, 5.74) is 1.94. The molecular formula is C20H22F3N3O2. The lowest BCUT2D eigenvalue weighted by Crippen LogP contribution is -2.50. The third-order valence-corrected chi connectivity index (χ3v) is 5.17. The number of aromatic nitrogens is 1. The summed E-state index contributed by atoms with van der Waals surface area (Å²) in [6.45, 7) is 5.89. The summed E-state index contributed by atoms with van der Waals surface area (Å²) in [7, 11) is 0. The predicted octanol–water partition coefficient (Wildman–Crippen LogP) is 2.83. The summed E-state index contributed by atoms with van der Waals surface area (Å²) < 4.78 is 39.3. The largest absolute Gasteiger partial charge is 0.417 e. The topological polar surface area (TPSA) is 45.5 Å². The third-order valence-electron chi connectivity index (χ3n) is 5.17. The quantitative estimate of drug-likeness (QED) is 0.806. The molecule has 0 radical (unpaired) electrons. The molecule has 2 heterocycles. The van der Waals surface area contributed by atoms with Gasteiger partial charge in [-0.05, 0) is 37.1 Å². The van der Waals surface area contributed by atoms with Crippen LogP contribution in [-0.2, 0) is 17.5 Å². The first kappa shape index (κ1) is 20.0. The molecule has 0 bridgehead atoms. The van der Waals surface area contributed by atoms with Crippen LogP contribution in [-0.4, -0.2) is 41.6 Å². The molecule has 1 aromatic carbocycles. The van der Waals surface area contributed by atoms with Crippen molar-refractivity contribution in [3.63, 3.8) is 0 Å². The summed E-state index contributed by atoms with van der Waals surface area (Å²) in [6, 6.07) is 7.66. The van der Waals surface area contributed by atoms with Gasteiger partial charge in [0.1, 0.15) is 6.54 Å². The molecule has 0 unspecified atom stereocenters. The molecule has 1 aromatic heterocycles. The highest BCUT2D eigenvalue weighted by molar-refractivity contribution is 5.76. The molecule has 8 heteroatoms. The maximum absolute atomic E-state index is 12.8. The van der Waals surface area contributed by atoms with Crippen LogP contribution in [0.15, 0.2) is 41.3 Å². The van der Waals surface area contributed by atoms with E-state index in [9.17, 15) is 22.8 Å². The normalized spacial score (nSPS) is 15.0. The summed E-state index contributed by atoms with van der Waals surface area (Å²) in [6.07, 6.45) is -3.86. The number of amides is 1. The molecule has 150 valence electrons. The van der Waals surface area contributed by atoms with Gasteiger partial charge < -0.3 is 14.4 Å². The number of carbonyl (C=O) groups is 1. The van der Waals surface area contributed by atoms with Crippen molar-refractivity contribution in [2.24, 2.45) is 0 Å². The Labute approximate surface area is 161 Å². The van der Waals surface area contributed by atoms with Gasteiger partial charge in [0, 0.05) is 44.1 Å². The number of carbonyl (C=O) groups excluding carboxylic acids is 1. The van der Waals surface area contributed by atoms with Crippen LogP contribution in [0.4, 0.5) is 18.9 Å². The predicted molar refractivity (Wildman–Crippen MR) is 100 cm³/mol. The second-order valence-corrected chi connectivity index (χ2v) is 6.97. The van der Waals surface area contributed by atoms with E-state index in [1.807, 2.05) is 25.1 Å². The summed E-state index contributed by atoms with van der Waals surface area (Å²) in [5, 5.41) is 0. The van der Waals surface area contributed by atoms with Gasteiger partial charge in [-0.2, -0.15) is 13.2 Å². The Morgan fingerprint density at radius 1 is 1.04 bits per heavy atom. The lowest BCUT2D eigenvalue weighted by molar-refractivity contribution is -0.138. The molecule has 1 aliphatic heterocycles. The fraction of sp³-hybridized carbons (Fsp3) is 0.400. The van der Waals surface area contributed by atoms with E-state index >= 15 is 0 Å². The fourth-order valence-corrected chi connectivity index (χ4v) is 3.34. The van der Waals surface area contributed by atoms with Crippen LogP contribution in [0.3, 0.4) is 0 Å². The van der Waals surface area contributed by atoms with Crippen molar-refractivity contribution in [3.8, 4) is 0 Å². The minimum atomic E-state index is -4.56. The van der Waals surface area contributed by atoms with Crippen LogP contribution >= 0.6 is 0 Å². The number of alkyl halides is 3. The molecule has 0 saturated carbocycles. The molecule has 3 rings (SSSR count). The minimum absolute atomic E-state index is 0.359. The van der Waals surface area contributed by atoms with Crippen molar-refractivity contribution in [2.75, 3.05) is 31.1 Å². The maximum atomic E-state index is 12.8. The molecule has 0 atom stereocenters. The van der Waals surface area contributed by atoms with Gasteiger partial charge in [0.05, 0.1) is 5.56 Å². The van der Waals surface area contributed by atoms with Gasteiger partial charge in [-0.25, -0.2) is 0 Å². The van der Waals surface area contributed by atoms with E-state index in [1.165, 1.54) is 11.1 Å². The maximum Gasteiger partial charge on any atom is 0.417 e. The highest BCUT2D eigenvalue weighted by Gasteiger charge is 2.31. The molecule has 1 amide bonds. The van der Waals surface area contributed by atoms with Crippen molar-refractivity contribution >= 4 is 11.6 Å². The molecule has 5 nitrogen and oxygen atoms in total. The fourth-order valence-electron chi connectivity index (χ4n) is 3.34. The van der Waals surface area contributed by atoms with E-state index in [0.29, 0.717) is 32.4 Å². The molecule has 0 spiro atoms. The Morgan fingerprint density at radius 3 is 2.36 bits per heavy atom. The molecule has 1 fully saturated rings. The van der Waals surface area contributed by atoms with Crippen molar-refractivity contribution in [1.82, 2.24) is 9.47 Å². The van der Waals surface area contributed by atoms with Crippen molar-refractivity contribution in [2.45, 2.75) is 26.6 Å². The third kappa shape index (κ3) is 4.21. The lowest BCUT2D eigenvalue weighted by Gasteiger charge is -2.37. The molecule has 28 heavy (non-hydrogen) atoms. The summed E-state index contributed by atoms with van der Waals surface area (Å²) in [4.78, 5) is 28.1. The number of aryl methyl sites for hydroxylation is 1. The summed E-state index contributed by atoms with van der Waals surface area (Å²) >= 11 is 0. The Kier molecular flexibility index (Phi) is 5.49. The van der Waals surface area contributed by atoms with E-state index in [-0.39, 0.29) is 5.91 Å². The van der Waals surface area contributed by atoms with Crippen molar-refractivity contribution < 1.29 is 18.0 Å². The number of anilines is 1. The average molecular weight is 393 g/mol. The molecule has 0 aliphatic carbocycles. The second-order valence-electron chi connectivity index (χ2n) is 6.97. The minimum Gasteiger partial charge on any atom is -0.368 e. The number of halogens is 3. The number of nitrogens with zero attached hydrogens (tertiary/aromatic N) is 3. The van der Waals surface area contributed by atoms with Gasteiger partial charge >= 0.3 is 6.18 Å². The first-order valence-corrected chi connectivity index (χ1v) is 9.03. The van der Waals surface area contributed by atoms with Gasteiger partial charge in [-0.3, -0.25) is 9.59 Å². The van der Waals surface area contributed by atoms with E-state index in [1.54, 1.807) is 4.90 Å². The first-order chi connectivity index (χ1) is 13.2. The number of hydrogen-bond acceptors (Lipinski definition) is 3.